The van der Waals surface area contributed by atoms with Crippen LogP contribution in [0, 0.1) is 0 Å². The van der Waals surface area contributed by atoms with E-state index in [0.717, 1.165) is 30.0 Å². The average Bonchev–Trinajstić information content (AvgIpc) is 3.38. The lowest BCUT2D eigenvalue weighted by atomic mass is 10.2. The number of ether oxygens (including phenoxy) is 1. The fraction of sp³-hybridized carbons (Fsp3) is 0.500. The predicted molar refractivity (Wildman–Crippen MR) is 111 cm³/mol. The molecule has 3 aromatic rings. The molecule has 0 radical (unpaired) electrons. The van der Waals surface area contributed by atoms with Crippen LogP contribution in [0.15, 0.2) is 40.0 Å². The van der Waals surface area contributed by atoms with E-state index in [1.165, 1.54) is 5.56 Å². The molecule has 1 saturated heterocycles. The maximum absolute atomic E-state index is 5.50. The molecule has 1 aliphatic rings. The highest BCUT2D eigenvalue weighted by Gasteiger charge is 2.24. The number of benzene rings is 1. The Balaban J connectivity index is 1.60. The molecule has 0 aliphatic carbocycles. The third kappa shape index (κ3) is 4.62. The van der Waals surface area contributed by atoms with E-state index in [1.807, 2.05) is 6.07 Å². The van der Waals surface area contributed by atoms with E-state index in [0.29, 0.717) is 25.6 Å². The first-order chi connectivity index (χ1) is 14.1. The third-order valence-corrected chi connectivity index (χ3v) is 5.85. The molecule has 0 amide bonds. The summed E-state index contributed by atoms with van der Waals surface area (Å²) in [5.41, 5.74) is 1.20. The van der Waals surface area contributed by atoms with Gasteiger partial charge in [-0.1, -0.05) is 61.1 Å². The van der Waals surface area contributed by atoms with Crippen LogP contribution in [0.25, 0.3) is 0 Å². The molecule has 1 fully saturated rings. The topological polar surface area (TPSA) is 82.1 Å². The predicted octanol–water partition coefficient (Wildman–Crippen LogP) is 3.52. The molecule has 8 nitrogen and oxygen atoms in total. The lowest BCUT2D eigenvalue weighted by molar-refractivity contribution is 0.121. The molecule has 1 atom stereocenters. The van der Waals surface area contributed by atoms with Crippen molar-refractivity contribution in [3.05, 3.63) is 47.6 Å². The Hall–Kier alpha value is -2.39. The highest BCUT2D eigenvalue weighted by Crippen LogP contribution is 2.35. The van der Waals surface area contributed by atoms with Crippen molar-refractivity contribution in [2.45, 2.75) is 43.6 Å². The number of aromatic nitrogens is 5. The summed E-state index contributed by atoms with van der Waals surface area (Å²) in [6, 6.07) is 10.4. The molecule has 0 saturated carbocycles. The van der Waals surface area contributed by atoms with E-state index in [1.54, 1.807) is 11.8 Å². The van der Waals surface area contributed by atoms with Crippen LogP contribution < -0.4 is 4.90 Å². The molecule has 0 bridgehead atoms. The molecule has 4 rings (SSSR count). The fourth-order valence-corrected chi connectivity index (χ4v) is 4.00. The van der Waals surface area contributed by atoms with Gasteiger partial charge in [-0.2, -0.15) is 4.98 Å². The summed E-state index contributed by atoms with van der Waals surface area (Å²) in [5, 5.41) is 13.9. The van der Waals surface area contributed by atoms with Gasteiger partial charge < -0.3 is 14.2 Å². The lowest BCUT2D eigenvalue weighted by Crippen LogP contribution is -2.38. The van der Waals surface area contributed by atoms with Crippen LogP contribution in [0.4, 0.5) is 5.95 Å². The van der Waals surface area contributed by atoms with Crippen LogP contribution in [0.1, 0.15) is 49.2 Å². The summed E-state index contributed by atoms with van der Waals surface area (Å²) in [6.07, 6.45) is 0. The lowest BCUT2D eigenvalue weighted by Gasteiger charge is -2.28. The van der Waals surface area contributed by atoms with Crippen molar-refractivity contribution in [3.8, 4) is 0 Å². The molecule has 29 heavy (non-hydrogen) atoms. The smallest absolute Gasteiger partial charge is 0.239 e. The number of morpholine rings is 1. The quantitative estimate of drug-likeness (QED) is 0.543. The number of nitrogens with zero attached hydrogens (tertiary/aromatic N) is 6. The van der Waals surface area contributed by atoms with E-state index in [-0.39, 0.29) is 11.2 Å². The van der Waals surface area contributed by atoms with E-state index in [2.05, 4.69) is 74.8 Å². The Labute approximate surface area is 174 Å². The first-order valence-electron chi connectivity index (χ1n) is 9.92. The van der Waals surface area contributed by atoms with Gasteiger partial charge in [0, 0.05) is 19.0 Å². The maximum atomic E-state index is 5.50. The van der Waals surface area contributed by atoms with Gasteiger partial charge >= 0.3 is 0 Å². The molecule has 154 valence electrons. The first-order valence-corrected chi connectivity index (χ1v) is 10.8. The Morgan fingerprint density at radius 1 is 1.07 bits per heavy atom. The van der Waals surface area contributed by atoms with E-state index in [4.69, 9.17) is 9.26 Å². The molecule has 0 spiro atoms. The second kappa shape index (κ2) is 8.96. The maximum Gasteiger partial charge on any atom is 0.239 e. The van der Waals surface area contributed by atoms with Gasteiger partial charge in [-0.25, -0.2) is 0 Å². The van der Waals surface area contributed by atoms with Crippen molar-refractivity contribution in [3.63, 3.8) is 0 Å². The summed E-state index contributed by atoms with van der Waals surface area (Å²) < 4.78 is 13.1. The Morgan fingerprint density at radius 3 is 2.52 bits per heavy atom. The Bertz CT molecular complexity index is 920. The summed E-state index contributed by atoms with van der Waals surface area (Å²) in [6.45, 7) is 9.90. The van der Waals surface area contributed by atoms with Gasteiger partial charge in [0.2, 0.25) is 11.8 Å². The molecule has 0 unspecified atom stereocenters. The van der Waals surface area contributed by atoms with Gasteiger partial charge in [0.1, 0.15) is 0 Å². The minimum Gasteiger partial charge on any atom is -0.378 e. The zero-order valence-corrected chi connectivity index (χ0v) is 17.8. The standard InChI is InChI=1S/C20H26N6O2S/c1-14(2)17-21-18(28-24-17)15(3)29-20-23-22-19(25-9-11-27-12-10-25)26(20)13-16-7-5-4-6-8-16/h4-8,14-15H,9-13H2,1-3H3/t15-/m0/s1. The van der Waals surface area contributed by atoms with Crippen molar-refractivity contribution in [1.29, 1.82) is 0 Å². The second-order valence-electron chi connectivity index (χ2n) is 7.36. The van der Waals surface area contributed by atoms with Gasteiger partial charge in [-0.15, -0.1) is 10.2 Å². The van der Waals surface area contributed by atoms with Crippen LogP contribution >= 0.6 is 11.8 Å². The molecule has 1 aliphatic heterocycles. The van der Waals surface area contributed by atoms with Gasteiger partial charge in [0.25, 0.3) is 0 Å². The molecule has 2 aromatic heterocycles. The van der Waals surface area contributed by atoms with Crippen molar-refractivity contribution in [1.82, 2.24) is 24.9 Å². The molecule has 3 heterocycles. The fourth-order valence-electron chi connectivity index (χ4n) is 3.13. The van der Waals surface area contributed by atoms with Gasteiger partial charge in [0.15, 0.2) is 11.0 Å². The van der Waals surface area contributed by atoms with Crippen LogP contribution in [0.5, 0.6) is 0 Å². The zero-order chi connectivity index (χ0) is 20.2. The summed E-state index contributed by atoms with van der Waals surface area (Å²) in [7, 11) is 0. The van der Waals surface area contributed by atoms with Crippen LogP contribution in [0.2, 0.25) is 0 Å². The minimum absolute atomic E-state index is 0.0220. The SMILES string of the molecule is CC(C)c1noc([C@H](C)Sc2nnc(N3CCOCC3)n2Cc2ccccc2)n1. The number of anilines is 1. The van der Waals surface area contributed by atoms with Crippen LogP contribution in [-0.4, -0.2) is 51.2 Å². The number of hydrogen-bond acceptors (Lipinski definition) is 8. The largest absolute Gasteiger partial charge is 0.378 e. The average molecular weight is 415 g/mol. The van der Waals surface area contributed by atoms with Crippen LogP contribution in [0.3, 0.4) is 0 Å². The molecule has 0 N–H and O–H groups in total. The zero-order valence-electron chi connectivity index (χ0n) is 17.0. The van der Waals surface area contributed by atoms with Crippen molar-refractivity contribution >= 4 is 17.7 Å². The van der Waals surface area contributed by atoms with Gasteiger partial charge in [0.05, 0.1) is 25.0 Å². The molecular formula is C20H26N6O2S. The molecular weight excluding hydrogens is 388 g/mol. The third-order valence-electron chi connectivity index (χ3n) is 4.78. The van der Waals surface area contributed by atoms with E-state index < -0.39 is 0 Å². The second-order valence-corrected chi connectivity index (χ2v) is 8.67. The van der Waals surface area contributed by atoms with E-state index >= 15 is 0 Å². The molecule has 9 heteroatoms. The summed E-state index contributed by atoms with van der Waals surface area (Å²) >= 11 is 1.59. The number of thioether (sulfide) groups is 1. The summed E-state index contributed by atoms with van der Waals surface area (Å²) in [4.78, 5) is 6.77. The van der Waals surface area contributed by atoms with Gasteiger partial charge in [-0.05, 0) is 12.5 Å². The number of hydrogen-bond donors (Lipinski definition) is 0. The number of rotatable bonds is 7. The van der Waals surface area contributed by atoms with Crippen LogP contribution in [-0.2, 0) is 11.3 Å². The highest BCUT2D eigenvalue weighted by molar-refractivity contribution is 7.99. The first kappa shape index (κ1) is 19.9. The summed E-state index contributed by atoms with van der Waals surface area (Å²) in [5.74, 6) is 2.45. The van der Waals surface area contributed by atoms with Crippen molar-refractivity contribution in [2.24, 2.45) is 0 Å². The highest BCUT2D eigenvalue weighted by atomic mass is 32.2. The normalized spacial score (nSPS) is 15.8. The Kier molecular flexibility index (Phi) is 6.15. The minimum atomic E-state index is -0.0220. The van der Waals surface area contributed by atoms with E-state index in [9.17, 15) is 0 Å². The molecule has 1 aromatic carbocycles. The van der Waals surface area contributed by atoms with Gasteiger partial charge in [-0.3, -0.25) is 4.57 Å². The Morgan fingerprint density at radius 2 is 1.83 bits per heavy atom. The van der Waals surface area contributed by atoms with Crippen molar-refractivity contribution in [2.75, 3.05) is 31.2 Å². The van der Waals surface area contributed by atoms with Crippen molar-refractivity contribution < 1.29 is 9.26 Å². The monoisotopic (exact) mass is 414 g/mol.